The average Bonchev–Trinajstić information content (AvgIpc) is 2.40. The second kappa shape index (κ2) is 7.37. The number of hydrogen-bond acceptors (Lipinski definition) is 7. The van der Waals surface area contributed by atoms with Crippen LogP contribution in [0.4, 0.5) is 5.95 Å². The number of nitrogens with two attached hydrogens (primary N) is 1. The lowest BCUT2D eigenvalue weighted by molar-refractivity contribution is -0.119. The molecule has 1 aliphatic rings. The third-order valence-corrected chi connectivity index (χ3v) is 3.33. The average molecular weight is 315 g/mol. The van der Waals surface area contributed by atoms with E-state index in [0.717, 1.165) is 25.9 Å². The summed E-state index contributed by atoms with van der Waals surface area (Å²) in [5.41, 5.74) is 5.19. The summed E-state index contributed by atoms with van der Waals surface area (Å²) in [5.74, 6) is 0.110. The molecule has 1 amide bonds. The molecule has 1 saturated heterocycles. The monoisotopic (exact) mass is 314 g/mol. The van der Waals surface area contributed by atoms with Crippen LogP contribution >= 0.6 is 11.6 Å². The van der Waals surface area contributed by atoms with E-state index in [1.54, 1.807) is 0 Å². The van der Waals surface area contributed by atoms with Gasteiger partial charge in [-0.15, -0.1) is 0 Å². The highest BCUT2D eigenvalue weighted by atomic mass is 35.5. The van der Waals surface area contributed by atoms with E-state index in [9.17, 15) is 4.79 Å². The molecule has 0 unspecified atom stereocenters. The predicted molar refractivity (Wildman–Crippen MR) is 78.3 cm³/mol. The molecule has 0 bridgehead atoms. The number of halogens is 1. The minimum Gasteiger partial charge on any atom is -0.464 e. The lowest BCUT2D eigenvalue weighted by atomic mass is 10.1. The minimum absolute atomic E-state index is 0.0992. The van der Waals surface area contributed by atoms with Gasteiger partial charge in [-0.2, -0.15) is 15.0 Å². The number of nitrogens with zero attached hydrogens (tertiary/aromatic N) is 4. The zero-order chi connectivity index (χ0) is 15.2. The van der Waals surface area contributed by atoms with Gasteiger partial charge in [0.25, 0.3) is 0 Å². The van der Waals surface area contributed by atoms with Gasteiger partial charge in [0.1, 0.15) is 0 Å². The molecule has 0 aliphatic carbocycles. The van der Waals surface area contributed by atoms with Crippen molar-refractivity contribution in [1.82, 2.24) is 19.9 Å². The van der Waals surface area contributed by atoms with Crippen molar-refractivity contribution in [2.24, 2.45) is 5.73 Å². The standard InChI is InChI=1S/C12H19ClN6O2/c1-2-21-12-17-10(13)16-11(18-12)15-8-3-5-19(6-4-8)7-9(14)20/h8H,2-7H2,1H3,(H2,14,20)(H,15,16,17,18). The third kappa shape index (κ3) is 4.98. The zero-order valence-corrected chi connectivity index (χ0v) is 12.6. The number of rotatable bonds is 6. The van der Waals surface area contributed by atoms with Gasteiger partial charge in [0.2, 0.25) is 17.1 Å². The summed E-state index contributed by atoms with van der Waals surface area (Å²) in [7, 11) is 0. The number of primary amides is 1. The predicted octanol–water partition coefficient (Wildman–Crippen LogP) is 0.285. The number of carbonyl (C=O) groups excluding carboxylic acids is 1. The first-order chi connectivity index (χ1) is 10.1. The van der Waals surface area contributed by atoms with Crippen molar-refractivity contribution >= 4 is 23.5 Å². The van der Waals surface area contributed by atoms with Crippen molar-refractivity contribution in [3.63, 3.8) is 0 Å². The van der Waals surface area contributed by atoms with Crippen molar-refractivity contribution in [2.45, 2.75) is 25.8 Å². The largest absolute Gasteiger partial charge is 0.464 e. The first-order valence-corrected chi connectivity index (χ1v) is 7.26. The zero-order valence-electron chi connectivity index (χ0n) is 11.9. The molecule has 0 aromatic carbocycles. The first-order valence-electron chi connectivity index (χ1n) is 6.88. The van der Waals surface area contributed by atoms with Gasteiger partial charge in [-0.05, 0) is 31.4 Å². The highest BCUT2D eigenvalue weighted by Gasteiger charge is 2.21. The Balaban J connectivity index is 1.89. The van der Waals surface area contributed by atoms with E-state index in [1.165, 1.54) is 0 Å². The number of piperidine rings is 1. The van der Waals surface area contributed by atoms with Crippen LogP contribution in [0.5, 0.6) is 6.01 Å². The normalized spacial score (nSPS) is 16.7. The maximum Gasteiger partial charge on any atom is 0.322 e. The lowest BCUT2D eigenvalue weighted by Gasteiger charge is -2.31. The Kier molecular flexibility index (Phi) is 5.51. The number of nitrogens with one attached hydrogen (secondary N) is 1. The van der Waals surface area contributed by atoms with Gasteiger partial charge in [-0.25, -0.2) is 0 Å². The van der Waals surface area contributed by atoms with Crippen LogP contribution in [0, 0.1) is 0 Å². The quantitative estimate of drug-likeness (QED) is 0.777. The molecule has 1 aliphatic heterocycles. The van der Waals surface area contributed by atoms with Crippen LogP contribution in [0.2, 0.25) is 5.28 Å². The second-order valence-electron chi connectivity index (χ2n) is 4.80. The SMILES string of the molecule is CCOc1nc(Cl)nc(NC2CCN(CC(N)=O)CC2)n1. The number of likely N-dealkylation sites (tertiary alicyclic amines) is 1. The fourth-order valence-corrected chi connectivity index (χ4v) is 2.38. The summed E-state index contributed by atoms with van der Waals surface area (Å²) in [6.07, 6.45) is 1.75. The number of amides is 1. The number of aromatic nitrogens is 3. The number of anilines is 1. The van der Waals surface area contributed by atoms with E-state index in [-0.39, 0.29) is 23.2 Å². The molecule has 0 saturated carbocycles. The van der Waals surface area contributed by atoms with Gasteiger partial charge >= 0.3 is 6.01 Å². The molecule has 8 nitrogen and oxygen atoms in total. The number of carbonyl (C=O) groups is 1. The summed E-state index contributed by atoms with van der Waals surface area (Å²) >= 11 is 5.84. The van der Waals surface area contributed by atoms with Crippen LogP contribution in [0.25, 0.3) is 0 Å². The van der Waals surface area contributed by atoms with Crippen molar-refractivity contribution in [2.75, 3.05) is 31.6 Å². The maximum atomic E-state index is 10.9. The van der Waals surface area contributed by atoms with E-state index in [1.807, 2.05) is 11.8 Å². The fourth-order valence-electron chi connectivity index (χ4n) is 2.23. The fraction of sp³-hybridized carbons (Fsp3) is 0.667. The van der Waals surface area contributed by atoms with E-state index in [4.69, 9.17) is 22.1 Å². The summed E-state index contributed by atoms with van der Waals surface area (Å²) in [4.78, 5) is 25.0. The van der Waals surface area contributed by atoms with E-state index >= 15 is 0 Å². The van der Waals surface area contributed by atoms with Gasteiger partial charge in [-0.1, -0.05) is 0 Å². The van der Waals surface area contributed by atoms with Crippen molar-refractivity contribution in [3.05, 3.63) is 5.28 Å². The van der Waals surface area contributed by atoms with Gasteiger partial charge < -0.3 is 15.8 Å². The molecule has 2 rings (SSSR count). The van der Waals surface area contributed by atoms with Crippen molar-refractivity contribution in [1.29, 1.82) is 0 Å². The summed E-state index contributed by atoms with van der Waals surface area (Å²) in [6.45, 7) is 4.22. The molecular weight excluding hydrogens is 296 g/mol. The first kappa shape index (κ1) is 15.7. The molecule has 0 spiro atoms. The van der Waals surface area contributed by atoms with Crippen LogP contribution < -0.4 is 15.8 Å². The summed E-state index contributed by atoms with van der Waals surface area (Å²) in [5, 5.41) is 3.32. The Labute approximate surface area is 128 Å². The highest BCUT2D eigenvalue weighted by molar-refractivity contribution is 6.28. The number of hydrogen-bond donors (Lipinski definition) is 2. The second-order valence-corrected chi connectivity index (χ2v) is 5.14. The third-order valence-electron chi connectivity index (χ3n) is 3.16. The molecule has 3 N–H and O–H groups in total. The Morgan fingerprint density at radius 2 is 2.14 bits per heavy atom. The molecule has 21 heavy (non-hydrogen) atoms. The molecule has 1 aromatic rings. The summed E-state index contributed by atoms with van der Waals surface area (Å²) < 4.78 is 5.23. The molecule has 116 valence electrons. The molecule has 9 heteroatoms. The van der Waals surface area contributed by atoms with Crippen LogP contribution in [0.3, 0.4) is 0 Å². The van der Waals surface area contributed by atoms with Gasteiger partial charge in [0.15, 0.2) is 0 Å². The molecule has 1 aromatic heterocycles. The maximum absolute atomic E-state index is 10.9. The van der Waals surface area contributed by atoms with E-state index in [2.05, 4.69) is 20.3 Å². The minimum atomic E-state index is -0.299. The Hall–Kier alpha value is -1.67. The van der Waals surface area contributed by atoms with Crippen LogP contribution in [0.15, 0.2) is 0 Å². The van der Waals surface area contributed by atoms with Crippen LogP contribution in [-0.4, -0.2) is 58.0 Å². The molecule has 1 fully saturated rings. The van der Waals surface area contributed by atoms with Gasteiger partial charge in [0.05, 0.1) is 13.2 Å². The Morgan fingerprint density at radius 3 is 2.76 bits per heavy atom. The van der Waals surface area contributed by atoms with E-state index in [0.29, 0.717) is 19.1 Å². The van der Waals surface area contributed by atoms with Gasteiger partial charge in [0, 0.05) is 19.1 Å². The van der Waals surface area contributed by atoms with Crippen LogP contribution in [0.1, 0.15) is 19.8 Å². The van der Waals surface area contributed by atoms with Crippen LogP contribution in [-0.2, 0) is 4.79 Å². The Morgan fingerprint density at radius 1 is 1.43 bits per heavy atom. The molecule has 0 radical (unpaired) electrons. The molecule has 0 atom stereocenters. The van der Waals surface area contributed by atoms with Crippen molar-refractivity contribution < 1.29 is 9.53 Å². The van der Waals surface area contributed by atoms with Crippen molar-refractivity contribution in [3.8, 4) is 6.01 Å². The highest BCUT2D eigenvalue weighted by Crippen LogP contribution is 2.16. The topological polar surface area (TPSA) is 106 Å². The molecular formula is C12H19ClN6O2. The number of ether oxygens (including phenoxy) is 1. The molecule has 2 heterocycles. The summed E-state index contributed by atoms with van der Waals surface area (Å²) in [6, 6.07) is 0.438. The Bertz CT molecular complexity index is 493. The van der Waals surface area contributed by atoms with E-state index < -0.39 is 0 Å². The van der Waals surface area contributed by atoms with Gasteiger partial charge in [-0.3, -0.25) is 9.69 Å². The lowest BCUT2D eigenvalue weighted by Crippen LogP contribution is -2.43. The smallest absolute Gasteiger partial charge is 0.322 e.